The van der Waals surface area contributed by atoms with Gasteiger partial charge in [-0.3, -0.25) is 4.57 Å². The first-order chi connectivity index (χ1) is 7.11. The molecular formula is C7H9N5O3. The molecule has 2 heterocycles. The van der Waals surface area contributed by atoms with E-state index in [-0.39, 0.29) is 11.5 Å². The average molecular weight is 211 g/mol. The van der Waals surface area contributed by atoms with Crippen LogP contribution in [0.25, 0.3) is 11.2 Å². The minimum absolute atomic E-state index is 0.165. The molecule has 0 amide bonds. The molecule has 0 aromatic carbocycles. The lowest BCUT2D eigenvalue weighted by Gasteiger charge is -2.13. The third kappa shape index (κ3) is 1.50. The van der Waals surface area contributed by atoms with Gasteiger partial charge in [-0.05, 0) is 0 Å². The Morgan fingerprint density at radius 3 is 2.60 bits per heavy atom. The van der Waals surface area contributed by atoms with Crippen LogP contribution in [0.4, 0.5) is 5.82 Å². The lowest BCUT2D eigenvalue weighted by atomic mass is 10.4. The second kappa shape index (κ2) is 3.42. The van der Waals surface area contributed by atoms with Gasteiger partial charge in [0, 0.05) is 0 Å². The van der Waals surface area contributed by atoms with Crippen LogP contribution >= 0.6 is 0 Å². The molecule has 5 N–H and O–H groups in total. The molecule has 0 bridgehead atoms. The molecular weight excluding hydrogens is 202 g/mol. The molecule has 0 aliphatic carbocycles. The quantitative estimate of drug-likeness (QED) is 0.431. The molecule has 0 saturated carbocycles. The van der Waals surface area contributed by atoms with Gasteiger partial charge in [0.05, 0.1) is 6.33 Å². The van der Waals surface area contributed by atoms with E-state index < -0.39 is 12.5 Å². The van der Waals surface area contributed by atoms with Gasteiger partial charge < -0.3 is 21.1 Å². The van der Waals surface area contributed by atoms with Crippen LogP contribution in [0.3, 0.4) is 0 Å². The molecule has 0 aliphatic rings. The van der Waals surface area contributed by atoms with Gasteiger partial charge in [0.2, 0.25) is 0 Å². The van der Waals surface area contributed by atoms with E-state index in [1.807, 2.05) is 0 Å². The molecule has 2 aromatic rings. The molecule has 80 valence electrons. The van der Waals surface area contributed by atoms with E-state index >= 15 is 0 Å². The highest BCUT2D eigenvalue weighted by molar-refractivity contribution is 5.81. The predicted molar refractivity (Wildman–Crippen MR) is 49.2 cm³/mol. The Hall–Kier alpha value is -1.77. The Morgan fingerprint density at radius 2 is 1.93 bits per heavy atom. The second-order valence-corrected chi connectivity index (χ2v) is 2.91. The van der Waals surface area contributed by atoms with Gasteiger partial charge in [0.1, 0.15) is 11.8 Å². The van der Waals surface area contributed by atoms with Crippen molar-refractivity contribution in [1.29, 1.82) is 0 Å². The fraction of sp³-hybridized carbons (Fsp3) is 0.286. The number of aliphatic hydroxyl groups excluding tert-OH is 2. The number of aliphatic hydroxyl groups is 3. The topological polar surface area (TPSA) is 130 Å². The highest BCUT2D eigenvalue weighted by Crippen LogP contribution is 2.18. The number of hydrogen-bond donors (Lipinski definition) is 4. The number of hydrogen-bond acceptors (Lipinski definition) is 7. The molecule has 0 radical (unpaired) electrons. The summed E-state index contributed by atoms with van der Waals surface area (Å²) in [6, 6.07) is 0. The molecule has 0 aliphatic heterocycles. The maximum atomic E-state index is 9.40. The number of rotatable bonds is 2. The van der Waals surface area contributed by atoms with Crippen LogP contribution in [-0.2, 0) is 0 Å². The maximum Gasteiger partial charge on any atom is 0.198 e. The molecule has 2 aromatic heterocycles. The van der Waals surface area contributed by atoms with E-state index in [0.29, 0.717) is 5.52 Å². The lowest BCUT2D eigenvalue weighted by Crippen LogP contribution is -2.22. The van der Waals surface area contributed by atoms with Crippen LogP contribution in [0.5, 0.6) is 0 Å². The summed E-state index contributed by atoms with van der Waals surface area (Å²) in [5.74, 6) is 0.165. The van der Waals surface area contributed by atoms with Crippen molar-refractivity contribution in [2.45, 2.75) is 12.5 Å². The number of fused-ring (bicyclic) bond motifs is 1. The fourth-order valence-electron chi connectivity index (χ4n) is 1.21. The first kappa shape index (κ1) is 9.77. The summed E-state index contributed by atoms with van der Waals surface area (Å²) >= 11 is 0. The summed E-state index contributed by atoms with van der Waals surface area (Å²) in [6.45, 7) is 0. The number of aromatic nitrogens is 4. The number of nitrogens with zero attached hydrogens (tertiary/aromatic N) is 4. The van der Waals surface area contributed by atoms with Gasteiger partial charge in [-0.25, -0.2) is 15.0 Å². The van der Waals surface area contributed by atoms with Crippen molar-refractivity contribution >= 4 is 17.0 Å². The fourth-order valence-corrected chi connectivity index (χ4v) is 1.21. The van der Waals surface area contributed by atoms with Crippen LogP contribution in [0.1, 0.15) is 6.23 Å². The summed E-state index contributed by atoms with van der Waals surface area (Å²) < 4.78 is 1.10. The maximum absolute atomic E-state index is 9.40. The molecule has 0 spiro atoms. The number of nitrogens with two attached hydrogens (primary N) is 1. The van der Waals surface area contributed by atoms with Crippen molar-refractivity contribution in [2.75, 3.05) is 5.73 Å². The molecule has 1 unspecified atom stereocenters. The molecule has 0 saturated heterocycles. The van der Waals surface area contributed by atoms with E-state index in [1.165, 1.54) is 12.7 Å². The molecule has 8 heteroatoms. The largest absolute Gasteiger partial charge is 0.382 e. The molecule has 1 atom stereocenters. The van der Waals surface area contributed by atoms with Crippen molar-refractivity contribution < 1.29 is 15.3 Å². The Labute approximate surface area is 83.6 Å². The van der Waals surface area contributed by atoms with Crippen molar-refractivity contribution in [3.8, 4) is 0 Å². The third-order valence-corrected chi connectivity index (χ3v) is 1.94. The van der Waals surface area contributed by atoms with Crippen LogP contribution in [-0.4, -0.2) is 41.1 Å². The molecule has 15 heavy (non-hydrogen) atoms. The van der Waals surface area contributed by atoms with Gasteiger partial charge in [-0.15, -0.1) is 0 Å². The zero-order valence-corrected chi connectivity index (χ0v) is 7.52. The van der Waals surface area contributed by atoms with Crippen molar-refractivity contribution in [1.82, 2.24) is 19.5 Å². The van der Waals surface area contributed by atoms with Crippen LogP contribution in [0, 0.1) is 0 Å². The van der Waals surface area contributed by atoms with Crippen LogP contribution in [0.2, 0.25) is 0 Å². The van der Waals surface area contributed by atoms with Gasteiger partial charge in [0.25, 0.3) is 0 Å². The Balaban J connectivity index is 2.59. The van der Waals surface area contributed by atoms with Crippen molar-refractivity contribution in [2.24, 2.45) is 0 Å². The molecule has 0 fully saturated rings. The number of anilines is 1. The van der Waals surface area contributed by atoms with Gasteiger partial charge >= 0.3 is 0 Å². The van der Waals surface area contributed by atoms with E-state index in [1.54, 1.807) is 0 Å². The normalized spacial score (nSPS) is 13.6. The first-order valence-electron chi connectivity index (χ1n) is 4.08. The minimum Gasteiger partial charge on any atom is -0.382 e. The summed E-state index contributed by atoms with van der Waals surface area (Å²) in [5.41, 5.74) is 6.05. The highest BCUT2D eigenvalue weighted by atomic mass is 16.5. The molecule has 2 rings (SSSR count). The smallest absolute Gasteiger partial charge is 0.198 e. The average Bonchev–Trinajstić information content (AvgIpc) is 2.61. The van der Waals surface area contributed by atoms with E-state index in [4.69, 9.17) is 15.9 Å². The van der Waals surface area contributed by atoms with Crippen LogP contribution in [0.15, 0.2) is 12.7 Å². The Morgan fingerprint density at radius 1 is 1.20 bits per heavy atom. The van der Waals surface area contributed by atoms with E-state index in [2.05, 4.69) is 15.0 Å². The minimum atomic E-state index is -1.92. The summed E-state index contributed by atoms with van der Waals surface area (Å²) in [7, 11) is 0. The predicted octanol–water partition coefficient (Wildman–Crippen LogP) is -1.79. The van der Waals surface area contributed by atoms with Crippen molar-refractivity contribution in [3.63, 3.8) is 0 Å². The van der Waals surface area contributed by atoms with Gasteiger partial charge in [-0.2, -0.15) is 0 Å². The van der Waals surface area contributed by atoms with Gasteiger partial charge in [-0.1, -0.05) is 0 Å². The Kier molecular flexibility index (Phi) is 2.23. The third-order valence-electron chi connectivity index (χ3n) is 1.94. The summed E-state index contributed by atoms with van der Waals surface area (Å²) in [5, 5.41) is 27.0. The highest BCUT2D eigenvalue weighted by Gasteiger charge is 2.19. The van der Waals surface area contributed by atoms with Crippen LogP contribution < -0.4 is 5.73 Å². The summed E-state index contributed by atoms with van der Waals surface area (Å²) in [6.07, 6.45) is -1.05. The molecule has 8 nitrogen and oxygen atoms in total. The summed E-state index contributed by atoms with van der Waals surface area (Å²) in [4.78, 5) is 11.4. The Bertz CT molecular complexity index is 482. The zero-order chi connectivity index (χ0) is 11.0. The van der Waals surface area contributed by atoms with E-state index in [9.17, 15) is 5.11 Å². The SMILES string of the molecule is Nc1ncnc2c1ncn2C(O)C(O)O. The monoisotopic (exact) mass is 211 g/mol. The van der Waals surface area contributed by atoms with Gasteiger partial charge in [0.15, 0.2) is 24.0 Å². The zero-order valence-electron chi connectivity index (χ0n) is 7.52. The standard InChI is InChI=1S/C7H9N5O3/c8-4-3-5(10-1-9-4)12(2-11-3)6(13)7(14)15/h1-2,6-7,13-15H,(H2,8,9,10). The number of nitrogen functional groups attached to an aromatic ring is 1. The second-order valence-electron chi connectivity index (χ2n) is 2.91. The lowest BCUT2D eigenvalue weighted by molar-refractivity contribution is -0.150. The van der Waals surface area contributed by atoms with Crippen molar-refractivity contribution in [3.05, 3.63) is 12.7 Å². The first-order valence-corrected chi connectivity index (χ1v) is 4.08. The van der Waals surface area contributed by atoms with E-state index in [0.717, 1.165) is 4.57 Å². The number of imidazole rings is 1.